The highest BCUT2D eigenvalue weighted by Crippen LogP contribution is 2.37. The van der Waals surface area contributed by atoms with Gasteiger partial charge >= 0.3 is 36.1 Å². The Hall–Kier alpha value is -8.35. The lowest BCUT2D eigenvalue weighted by atomic mass is 9.89. The molecule has 96 heavy (non-hydrogen) atoms. The predicted octanol–water partition coefficient (Wildman–Crippen LogP) is 13.5. The van der Waals surface area contributed by atoms with Crippen molar-refractivity contribution >= 4 is 54.5 Å². The maximum atomic E-state index is 12.4. The predicted molar refractivity (Wildman–Crippen MR) is 377 cm³/mol. The van der Waals surface area contributed by atoms with Crippen molar-refractivity contribution in [2.75, 3.05) is 85.4 Å². The summed E-state index contributed by atoms with van der Waals surface area (Å²) in [5.41, 5.74) is 5.87. The van der Waals surface area contributed by atoms with Gasteiger partial charge in [-0.1, -0.05) is 182 Å². The molecule has 18 heteroatoms. The van der Waals surface area contributed by atoms with E-state index in [0.717, 1.165) is 49.4 Å². The summed E-state index contributed by atoms with van der Waals surface area (Å²) in [5.74, 6) is -0.550. The molecule has 4 heterocycles. The fraction of sp³-hybridized carbons (Fsp3) is 0.436. The number of carbonyl (C=O) groups is 6. The number of nitrogens with one attached hydrogen (secondary N) is 1. The second kappa shape index (κ2) is 40.3. The number of rotatable bonds is 16. The molecule has 8 unspecified atom stereocenters. The van der Waals surface area contributed by atoms with Crippen molar-refractivity contribution in [2.24, 2.45) is 23.7 Å². The number of benzene rings is 6. The topological polar surface area (TPSA) is 200 Å². The first-order chi connectivity index (χ1) is 45.6. The molecule has 4 aliphatic rings. The quantitative estimate of drug-likeness (QED) is 0.0526. The second-order valence-electron chi connectivity index (χ2n) is 25.7. The monoisotopic (exact) mass is 1340 g/mol. The summed E-state index contributed by atoms with van der Waals surface area (Å²) in [5, 5.41) is 12.8. The van der Waals surface area contributed by atoms with Crippen molar-refractivity contribution in [3.63, 3.8) is 0 Å². The van der Waals surface area contributed by atoms with Crippen molar-refractivity contribution in [2.45, 2.75) is 111 Å². The van der Waals surface area contributed by atoms with E-state index in [4.69, 9.17) is 28.4 Å². The van der Waals surface area contributed by atoms with E-state index >= 15 is 0 Å². The number of amides is 2. The number of likely N-dealkylation sites (tertiary alicyclic amines) is 3. The zero-order valence-corrected chi connectivity index (χ0v) is 58.4. The fourth-order valence-corrected chi connectivity index (χ4v) is 11.9. The lowest BCUT2D eigenvalue weighted by Crippen LogP contribution is -2.36. The lowest BCUT2D eigenvalue weighted by Gasteiger charge is -2.24. The number of ether oxygens (including phenoxy) is 6. The summed E-state index contributed by atoms with van der Waals surface area (Å²) in [7, 11) is 0. The summed E-state index contributed by atoms with van der Waals surface area (Å²) in [6.45, 7) is 26.1. The van der Waals surface area contributed by atoms with Crippen LogP contribution < -0.4 is 5.32 Å². The molecule has 518 valence electrons. The molecule has 0 aromatic heterocycles. The van der Waals surface area contributed by atoms with E-state index in [-0.39, 0.29) is 102 Å². The molecule has 17 nitrogen and oxygen atoms in total. The Kier molecular flexibility index (Phi) is 32.9. The standard InChI is InChI=1S/C20H23NO2.C18H25NO4.C16H23NO3.C13H17NO2.C11H12O2.ClH/c1-2-23-20(22)19-15-21(13-16-9-5-3-6-10-16)14-18(19)17-11-7-4-8-12-17;1-5-22-16(20)15-12-19(17(21)23-18(2,3)4)11-14(15)13-9-7-6-8-10-13;1-16(2,3)20-15(19)17-9-13(11-18)14(10-17)12-7-5-4-6-8-12;1-2-16-13(15)12-9-14-8-11(12)10-6-4-3-5-7-10;1-2-13-11(12)9-8-10-6-4-3-5-7-10;/h3-12,18-19H,2,13-15H2,1H3;6-10,14-15H,5,11-12H2,1-4H3;4-8,13-14,18H,9-11H2,1-3H3;3-7,11-12,14H,2,8-9H2,1H3;3-9H,2H2,1H3;1H/b;;;;9-8+;. The first-order valence-electron chi connectivity index (χ1n) is 33.3. The molecule has 2 N–H and O–H groups in total. The third-order valence-electron chi connectivity index (χ3n) is 16.3. The van der Waals surface area contributed by atoms with Crippen LogP contribution in [0.25, 0.3) is 6.08 Å². The van der Waals surface area contributed by atoms with Gasteiger partial charge in [-0.05, 0) is 109 Å². The van der Waals surface area contributed by atoms with Gasteiger partial charge in [-0.25, -0.2) is 14.4 Å². The van der Waals surface area contributed by atoms with Crippen LogP contribution in [0.1, 0.15) is 126 Å². The number of hydrogen-bond acceptors (Lipinski definition) is 15. The first kappa shape index (κ1) is 78.3. The van der Waals surface area contributed by atoms with E-state index < -0.39 is 11.2 Å². The highest BCUT2D eigenvalue weighted by Gasteiger charge is 2.43. The van der Waals surface area contributed by atoms with Gasteiger partial charge < -0.3 is 48.6 Å². The molecule has 8 atom stereocenters. The molecular formula is C78H101ClN4O13. The summed E-state index contributed by atoms with van der Waals surface area (Å²) in [6, 6.07) is 60.3. The number of hydrogen-bond donors (Lipinski definition) is 2. The molecule has 0 bridgehead atoms. The van der Waals surface area contributed by atoms with E-state index in [9.17, 15) is 33.9 Å². The highest BCUT2D eigenvalue weighted by molar-refractivity contribution is 5.87. The average Bonchev–Trinajstić information content (AvgIpc) is 1.69. The Morgan fingerprint density at radius 2 is 0.823 bits per heavy atom. The van der Waals surface area contributed by atoms with Crippen LogP contribution in [0, 0.1) is 23.7 Å². The SMILES string of the molecule is CC(C)(C)OC(=O)N1CC(CO)C(c2ccccc2)C1.CCOC(=O)/C=C/c1ccccc1.CCOC(=O)C1CN(C(=O)OC(C)(C)C)CC1c1ccccc1.CCOC(=O)C1CN(Cc2ccccc2)CC1c1ccccc1.CCOC(=O)C1CNCC1c1ccccc1.Cl. The minimum Gasteiger partial charge on any atom is -0.466 e. The highest BCUT2D eigenvalue weighted by atomic mass is 35.5. The summed E-state index contributed by atoms with van der Waals surface area (Å²) in [4.78, 5) is 77.4. The third-order valence-corrected chi connectivity index (χ3v) is 16.3. The molecular weight excluding hydrogens is 1240 g/mol. The zero-order chi connectivity index (χ0) is 68.8. The Morgan fingerprint density at radius 1 is 0.448 bits per heavy atom. The van der Waals surface area contributed by atoms with Gasteiger partial charge in [0.05, 0.1) is 44.2 Å². The van der Waals surface area contributed by atoms with Gasteiger partial charge in [0.25, 0.3) is 0 Å². The number of halogens is 1. The first-order valence-corrected chi connectivity index (χ1v) is 33.3. The molecule has 10 rings (SSSR count). The molecule has 4 saturated heterocycles. The lowest BCUT2D eigenvalue weighted by molar-refractivity contribution is -0.148. The van der Waals surface area contributed by atoms with Crippen LogP contribution in [0.2, 0.25) is 0 Å². The molecule has 4 fully saturated rings. The molecule has 6 aromatic carbocycles. The summed E-state index contributed by atoms with van der Waals surface area (Å²) >= 11 is 0. The largest absolute Gasteiger partial charge is 0.466 e. The third kappa shape index (κ3) is 25.7. The normalized spacial score (nSPS) is 20.4. The second-order valence-corrected chi connectivity index (χ2v) is 25.7. The maximum Gasteiger partial charge on any atom is 0.410 e. The molecule has 4 aliphatic heterocycles. The van der Waals surface area contributed by atoms with Crippen molar-refractivity contribution in [1.82, 2.24) is 20.0 Å². The number of aliphatic hydroxyl groups excluding tert-OH is 1. The molecule has 0 aliphatic carbocycles. The molecule has 2 amide bonds. The van der Waals surface area contributed by atoms with Gasteiger partial charge in [-0.3, -0.25) is 19.3 Å². The molecule has 0 saturated carbocycles. The Balaban J connectivity index is 0.000000219. The van der Waals surface area contributed by atoms with Gasteiger partial charge in [0.2, 0.25) is 0 Å². The summed E-state index contributed by atoms with van der Waals surface area (Å²) in [6.07, 6.45) is 2.48. The Labute approximate surface area is 575 Å². The number of aliphatic hydroxyl groups is 1. The smallest absolute Gasteiger partial charge is 0.410 e. The minimum atomic E-state index is -0.554. The van der Waals surface area contributed by atoms with E-state index in [1.54, 1.807) is 29.7 Å². The Morgan fingerprint density at radius 3 is 1.26 bits per heavy atom. The molecule has 0 radical (unpaired) electrons. The van der Waals surface area contributed by atoms with Crippen LogP contribution in [-0.2, 0) is 54.1 Å². The van der Waals surface area contributed by atoms with Crippen LogP contribution in [0.15, 0.2) is 188 Å². The van der Waals surface area contributed by atoms with Crippen molar-refractivity contribution < 1.29 is 62.3 Å². The van der Waals surface area contributed by atoms with Crippen LogP contribution >= 0.6 is 12.4 Å². The van der Waals surface area contributed by atoms with Crippen molar-refractivity contribution in [1.29, 1.82) is 0 Å². The zero-order valence-electron chi connectivity index (χ0n) is 57.6. The van der Waals surface area contributed by atoms with Crippen LogP contribution in [0.3, 0.4) is 0 Å². The molecule has 0 spiro atoms. The van der Waals surface area contributed by atoms with E-state index in [1.807, 2.05) is 189 Å². The fourth-order valence-electron chi connectivity index (χ4n) is 11.9. The minimum absolute atomic E-state index is 0. The van der Waals surface area contributed by atoms with Crippen LogP contribution in [0.4, 0.5) is 9.59 Å². The molecule has 6 aromatic rings. The van der Waals surface area contributed by atoms with Gasteiger partial charge in [0, 0.05) is 101 Å². The van der Waals surface area contributed by atoms with Crippen molar-refractivity contribution in [3.05, 3.63) is 221 Å². The van der Waals surface area contributed by atoms with Gasteiger partial charge in [-0.15, -0.1) is 12.4 Å². The number of esters is 4. The van der Waals surface area contributed by atoms with Gasteiger partial charge in [0.1, 0.15) is 11.2 Å². The maximum absolute atomic E-state index is 12.4. The number of carbonyl (C=O) groups excluding carboxylic acids is 6. The van der Waals surface area contributed by atoms with E-state index in [1.165, 1.54) is 22.8 Å². The van der Waals surface area contributed by atoms with E-state index in [0.29, 0.717) is 52.6 Å². The van der Waals surface area contributed by atoms with E-state index in [2.05, 4.69) is 58.7 Å². The Bertz CT molecular complexity index is 3280. The van der Waals surface area contributed by atoms with Crippen LogP contribution in [0.5, 0.6) is 0 Å². The van der Waals surface area contributed by atoms with Gasteiger partial charge in [0.15, 0.2) is 0 Å². The average molecular weight is 1340 g/mol. The summed E-state index contributed by atoms with van der Waals surface area (Å²) < 4.78 is 31.2. The van der Waals surface area contributed by atoms with Crippen LogP contribution in [-0.4, -0.2) is 152 Å². The van der Waals surface area contributed by atoms with Crippen molar-refractivity contribution in [3.8, 4) is 0 Å². The van der Waals surface area contributed by atoms with Gasteiger partial charge in [-0.2, -0.15) is 0 Å². The number of nitrogens with zero attached hydrogens (tertiary/aromatic N) is 3.